The van der Waals surface area contributed by atoms with Gasteiger partial charge in [0, 0.05) is 6.07 Å². The van der Waals surface area contributed by atoms with Crippen LogP contribution in [0.25, 0.3) is 5.65 Å². The van der Waals surface area contributed by atoms with Crippen LogP contribution in [0.3, 0.4) is 0 Å². The number of carbonyl (C=O) groups is 1. The molecular formula is C10H11N3O3. The maximum Gasteiger partial charge on any atom is 0.357 e. The molecule has 0 unspecified atom stereocenters. The third kappa shape index (κ3) is 1.69. The van der Waals surface area contributed by atoms with E-state index in [2.05, 4.69) is 9.97 Å². The Labute approximate surface area is 91.8 Å². The Hall–Kier alpha value is -2.11. The van der Waals surface area contributed by atoms with Crippen molar-refractivity contribution in [1.82, 2.24) is 14.4 Å². The van der Waals surface area contributed by atoms with Gasteiger partial charge >= 0.3 is 5.97 Å². The summed E-state index contributed by atoms with van der Waals surface area (Å²) in [5.41, 5.74) is 0.946. The van der Waals surface area contributed by atoms with Crippen LogP contribution in [0, 0.1) is 0 Å². The van der Waals surface area contributed by atoms with Gasteiger partial charge in [0.05, 0.1) is 19.9 Å². The van der Waals surface area contributed by atoms with Crippen LogP contribution in [0.1, 0.15) is 17.4 Å². The summed E-state index contributed by atoms with van der Waals surface area (Å²) < 4.78 is 11.4. The van der Waals surface area contributed by atoms with E-state index in [1.807, 2.05) is 0 Å². The molecule has 0 aliphatic carbocycles. The van der Waals surface area contributed by atoms with Gasteiger partial charge in [-0.15, -0.1) is 0 Å². The minimum atomic E-state index is -0.415. The molecule has 0 saturated heterocycles. The molecule has 0 aromatic carbocycles. The highest BCUT2D eigenvalue weighted by atomic mass is 16.5. The van der Waals surface area contributed by atoms with Gasteiger partial charge in [0.1, 0.15) is 12.0 Å². The number of carbonyl (C=O) groups excluding carboxylic acids is 1. The highest BCUT2D eigenvalue weighted by molar-refractivity contribution is 5.88. The van der Waals surface area contributed by atoms with E-state index < -0.39 is 5.97 Å². The Morgan fingerprint density at radius 1 is 1.50 bits per heavy atom. The zero-order valence-corrected chi connectivity index (χ0v) is 9.01. The van der Waals surface area contributed by atoms with E-state index in [1.165, 1.54) is 19.6 Å². The molecule has 0 amide bonds. The first kappa shape index (κ1) is 10.4. The molecule has 2 rings (SSSR count). The average Bonchev–Trinajstić information content (AvgIpc) is 2.71. The predicted octanol–water partition coefficient (Wildman–Crippen LogP) is 0.915. The number of hydrogen-bond acceptors (Lipinski definition) is 5. The van der Waals surface area contributed by atoms with Crippen LogP contribution in [-0.2, 0) is 4.74 Å². The van der Waals surface area contributed by atoms with Gasteiger partial charge in [0.15, 0.2) is 5.69 Å². The number of imidazole rings is 1. The Morgan fingerprint density at radius 2 is 2.31 bits per heavy atom. The summed E-state index contributed by atoms with van der Waals surface area (Å²) >= 11 is 0. The SMILES string of the molecule is CCOC(=O)c1cnc2cc(OC)ncn12. The van der Waals surface area contributed by atoms with Crippen LogP contribution < -0.4 is 4.74 Å². The van der Waals surface area contributed by atoms with Crippen molar-refractivity contribution >= 4 is 11.6 Å². The minimum absolute atomic E-state index is 0.329. The number of esters is 1. The molecular weight excluding hydrogens is 210 g/mol. The minimum Gasteiger partial charge on any atom is -0.481 e. The first-order valence-corrected chi connectivity index (χ1v) is 4.80. The Morgan fingerprint density at radius 3 is 3.00 bits per heavy atom. The average molecular weight is 221 g/mol. The second-order valence-corrected chi connectivity index (χ2v) is 3.02. The standard InChI is InChI=1S/C10H11N3O3/c1-3-16-10(14)7-5-11-8-4-9(15-2)12-6-13(7)8/h4-6H,3H2,1-2H3. The van der Waals surface area contributed by atoms with Gasteiger partial charge in [-0.2, -0.15) is 0 Å². The fourth-order valence-corrected chi connectivity index (χ4v) is 1.33. The van der Waals surface area contributed by atoms with E-state index in [9.17, 15) is 4.79 Å². The van der Waals surface area contributed by atoms with Crippen LogP contribution in [0.15, 0.2) is 18.6 Å². The molecule has 0 aliphatic rings. The molecule has 0 fully saturated rings. The van der Waals surface area contributed by atoms with Crippen LogP contribution in [0.2, 0.25) is 0 Å². The number of ether oxygens (including phenoxy) is 2. The first-order valence-electron chi connectivity index (χ1n) is 4.80. The lowest BCUT2D eigenvalue weighted by Crippen LogP contribution is -2.08. The van der Waals surface area contributed by atoms with Crippen LogP contribution >= 0.6 is 0 Å². The van der Waals surface area contributed by atoms with Crippen molar-refractivity contribution in [2.24, 2.45) is 0 Å². The lowest BCUT2D eigenvalue weighted by molar-refractivity contribution is 0.0518. The molecule has 6 heteroatoms. The summed E-state index contributed by atoms with van der Waals surface area (Å²) in [7, 11) is 1.52. The third-order valence-electron chi connectivity index (χ3n) is 2.07. The number of hydrogen-bond donors (Lipinski definition) is 0. The molecule has 0 N–H and O–H groups in total. The van der Waals surface area contributed by atoms with E-state index in [1.54, 1.807) is 17.4 Å². The topological polar surface area (TPSA) is 65.7 Å². The molecule has 84 valence electrons. The van der Waals surface area contributed by atoms with Gasteiger partial charge in [-0.05, 0) is 6.92 Å². The Bertz CT molecular complexity index is 521. The molecule has 0 atom stereocenters. The summed E-state index contributed by atoms with van der Waals surface area (Å²) in [5.74, 6) is 0.0375. The molecule has 16 heavy (non-hydrogen) atoms. The summed E-state index contributed by atoms with van der Waals surface area (Å²) in [6.07, 6.45) is 2.93. The zero-order chi connectivity index (χ0) is 11.5. The van der Waals surface area contributed by atoms with E-state index in [0.29, 0.717) is 23.8 Å². The van der Waals surface area contributed by atoms with Gasteiger partial charge < -0.3 is 9.47 Å². The largest absolute Gasteiger partial charge is 0.481 e. The normalized spacial score (nSPS) is 10.4. The van der Waals surface area contributed by atoms with Crippen molar-refractivity contribution < 1.29 is 14.3 Å². The van der Waals surface area contributed by atoms with Crippen LogP contribution in [0.5, 0.6) is 5.88 Å². The van der Waals surface area contributed by atoms with E-state index in [-0.39, 0.29) is 0 Å². The van der Waals surface area contributed by atoms with E-state index in [4.69, 9.17) is 9.47 Å². The van der Waals surface area contributed by atoms with Crippen LogP contribution in [-0.4, -0.2) is 34.1 Å². The zero-order valence-electron chi connectivity index (χ0n) is 9.01. The number of aromatic nitrogens is 3. The molecule has 0 radical (unpaired) electrons. The quantitative estimate of drug-likeness (QED) is 0.721. The molecule has 0 saturated carbocycles. The van der Waals surface area contributed by atoms with E-state index in [0.717, 1.165) is 0 Å². The lowest BCUT2D eigenvalue weighted by Gasteiger charge is -2.02. The molecule has 0 spiro atoms. The maximum absolute atomic E-state index is 11.5. The number of rotatable bonds is 3. The second kappa shape index (κ2) is 4.18. The van der Waals surface area contributed by atoms with Crippen molar-refractivity contribution in [2.75, 3.05) is 13.7 Å². The summed E-state index contributed by atoms with van der Waals surface area (Å²) in [4.78, 5) is 19.6. The van der Waals surface area contributed by atoms with Gasteiger partial charge in [-0.1, -0.05) is 0 Å². The van der Waals surface area contributed by atoms with Gasteiger partial charge in [0.2, 0.25) is 5.88 Å². The maximum atomic E-state index is 11.5. The summed E-state index contributed by atoms with van der Waals surface area (Å²) in [6.45, 7) is 2.08. The molecule has 6 nitrogen and oxygen atoms in total. The van der Waals surface area contributed by atoms with E-state index >= 15 is 0 Å². The smallest absolute Gasteiger partial charge is 0.357 e. The Balaban J connectivity index is 2.45. The van der Waals surface area contributed by atoms with Gasteiger partial charge in [0.25, 0.3) is 0 Å². The number of fused-ring (bicyclic) bond motifs is 1. The Kier molecular flexibility index (Phi) is 2.72. The molecule has 0 aliphatic heterocycles. The van der Waals surface area contributed by atoms with Crippen molar-refractivity contribution in [3.05, 3.63) is 24.3 Å². The first-order chi connectivity index (χ1) is 7.76. The van der Waals surface area contributed by atoms with Crippen molar-refractivity contribution in [2.45, 2.75) is 6.92 Å². The fraction of sp³-hybridized carbons (Fsp3) is 0.300. The highest BCUT2D eigenvalue weighted by Crippen LogP contribution is 2.12. The highest BCUT2D eigenvalue weighted by Gasteiger charge is 2.13. The fourth-order valence-electron chi connectivity index (χ4n) is 1.33. The molecule has 2 aromatic heterocycles. The monoisotopic (exact) mass is 221 g/mol. The summed E-state index contributed by atoms with van der Waals surface area (Å²) in [6, 6.07) is 1.64. The van der Waals surface area contributed by atoms with Gasteiger partial charge in [-0.3, -0.25) is 4.40 Å². The predicted molar refractivity (Wildman–Crippen MR) is 55.5 cm³/mol. The molecule has 0 bridgehead atoms. The van der Waals surface area contributed by atoms with Crippen molar-refractivity contribution in [3.8, 4) is 5.88 Å². The second-order valence-electron chi connectivity index (χ2n) is 3.02. The van der Waals surface area contributed by atoms with Crippen LogP contribution in [0.4, 0.5) is 0 Å². The summed E-state index contributed by atoms with van der Waals surface area (Å²) in [5, 5.41) is 0. The number of nitrogens with zero attached hydrogens (tertiary/aromatic N) is 3. The lowest BCUT2D eigenvalue weighted by atomic mass is 10.5. The molecule has 2 aromatic rings. The third-order valence-corrected chi connectivity index (χ3v) is 2.07. The van der Waals surface area contributed by atoms with Crippen molar-refractivity contribution in [1.29, 1.82) is 0 Å². The van der Waals surface area contributed by atoms with Gasteiger partial charge in [-0.25, -0.2) is 14.8 Å². The molecule has 2 heterocycles. The number of methoxy groups -OCH3 is 1. The van der Waals surface area contributed by atoms with Crippen molar-refractivity contribution in [3.63, 3.8) is 0 Å².